The molecule has 2 heteroatoms. The number of ether oxygens (including phenoxy) is 1. The fraction of sp³-hybridized carbons (Fsp3) is 0.600. The zero-order valence-electron chi connectivity index (χ0n) is 11.5. The summed E-state index contributed by atoms with van der Waals surface area (Å²) in [4.78, 5) is 0. The molecule has 0 aliphatic heterocycles. The summed E-state index contributed by atoms with van der Waals surface area (Å²) in [5.41, 5.74) is 2.76. The van der Waals surface area contributed by atoms with Crippen molar-refractivity contribution < 1.29 is 4.74 Å². The van der Waals surface area contributed by atoms with Crippen LogP contribution in [-0.4, -0.2) is 25.8 Å². The van der Waals surface area contributed by atoms with E-state index in [-0.39, 0.29) is 6.10 Å². The second-order valence-corrected chi connectivity index (χ2v) is 4.43. The Morgan fingerprint density at radius 2 is 1.71 bits per heavy atom. The third-order valence-corrected chi connectivity index (χ3v) is 3.25. The van der Waals surface area contributed by atoms with E-state index in [9.17, 15) is 0 Å². The Labute approximate surface area is 105 Å². The highest BCUT2D eigenvalue weighted by molar-refractivity contribution is 5.23. The van der Waals surface area contributed by atoms with E-state index in [4.69, 9.17) is 4.74 Å². The highest BCUT2D eigenvalue weighted by atomic mass is 16.5. The molecule has 2 unspecified atom stereocenters. The van der Waals surface area contributed by atoms with Crippen LogP contribution in [0.25, 0.3) is 0 Å². The lowest BCUT2D eigenvalue weighted by Crippen LogP contribution is -2.39. The zero-order valence-corrected chi connectivity index (χ0v) is 11.5. The van der Waals surface area contributed by atoms with Gasteiger partial charge in [-0.05, 0) is 44.9 Å². The molecule has 0 bridgehead atoms. The number of rotatable bonds is 7. The lowest BCUT2D eigenvalue weighted by molar-refractivity contribution is 0.0497. The van der Waals surface area contributed by atoms with Crippen molar-refractivity contribution in [1.82, 2.24) is 5.32 Å². The molecule has 0 aliphatic rings. The Balaban J connectivity index is 2.60. The Morgan fingerprint density at radius 1 is 1.12 bits per heavy atom. The molecule has 0 aliphatic carbocycles. The van der Waals surface area contributed by atoms with Gasteiger partial charge in [-0.1, -0.05) is 31.2 Å². The smallest absolute Gasteiger partial charge is 0.0702 e. The van der Waals surface area contributed by atoms with E-state index in [0.717, 1.165) is 19.4 Å². The van der Waals surface area contributed by atoms with Crippen LogP contribution in [0.1, 0.15) is 31.9 Å². The van der Waals surface area contributed by atoms with Crippen molar-refractivity contribution in [2.75, 3.05) is 13.7 Å². The molecule has 0 aromatic heterocycles. The molecular formula is C15H25NO. The van der Waals surface area contributed by atoms with Crippen molar-refractivity contribution in [3.05, 3.63) is 35.4 Å². The maximum atomic E-state index is 5.65. The summed E-state index contributed by atoms with van der Waals surface area (Å²) in [6.07, 6.45) is 2.36. The molecule has 0 fully saturated rings. The Morgan fingerprint density at radius 3 is 2.18 bits per heavy atom. The molecule has 2 atom stereocenters. The first-order chi connectivity index (χ1) is 8.21. The van der Waals surface area contributed by atoms with Gasteiger partial charge in [0.25, 0.3) is 0 Å². The number of nitrogens with one attached hydrogen (secondary N) is 1. The van der Waals surface area contributed by atoms with Gasteiger partial charge in [-0.25, -0.2) is 0 Å². The molecule has 0 spiro atoms. The van der Waals surface area contributed by atoms with Gasteiger partial charge < -0.3 is 10.1 Å². The third kappa shape index (κ3) is 4.49. The van der Waals surface area contributed by atoms with Gasteiger partial charge in [0.1, 0.15) is 0 Å². The van der Waals surface area contributed by atoms with Crippen molar-refractivity contribution in [2.24, 2.45) is 0 Å². The summed E-state index contributed by atoms with van der Waals surface area (Å²) in [6.45, 7) is 7.13. The lowest BCUT2D eigenvalue weighted by Gasteiger charge is -2.23. The van der Waals surface area contributed by atoms with Crippen molar-refractivity contribution in [3.63, 3.8) is 0 Å². The van der Waals surface area contributed by atoms with Gasteiger partial charge in [0.05, 0.1) is 6.10 Å². The molecule has 0 heterocycles. The number of hydrogen-bond acceptors (Lipinski definition) is 2. The number of benzene rings is 1. The third-order valence-electron chi connectivity index (χ3n) is 3.25. The number of aryl methyl sites for hydroxylation is 1. The summed E-state index contributed by atoms with van der Waals surface area (Å²) in [6, 6.07) is 9.26. The van der Waals surface area contributed by atoms with Crippen LogP contribution in [0.15, 0.2) is 24.3 Å². The van der Waals surface area contributed by atoms with E-state index >= 15 is 0 Å². The van der Waals surface area contributed by atoms with Gasteiger partial charge in [-0.3, -0.25) is 0 Å². The SMILES string of the molecule is CCOC(C)C(Cc1ccc(CC)cc1)NC. The predicted molar refractivity (Wildman–Crippen MR) is 73.5 cm³/mol. The molecule has 17 heavy (non-hydrogen) atoms. The van der Waals surface area contributed by atoms with Crippen LogP contribution in [-0.2, 0) is 17.6 Å². The van der Waals surface area contributed by atoms with Crippen molar-refractivity contribution in [1.29, 1.82) is 0 Å². The fourth-order valence-electron chi connectivity index (χ4n) is 2.05. The molecule has 1 aromatic carbocycles. The normalized spacial score (nSPS) is 14.6. The first-order valence-electron chi connectivity index (χ1n) is 6.57. The standard InChI is InChI=1S/C15H25NO/c1-5-13-7-9-14(10-8-13)11-15(16-4)12(3)17-6-2/h7-10,12,15-16H,5-6,11H2,1-4H3. The van der Waals surface area contributed by atoms with Crippen LogP contribution in [0.2, 0.25) is 0 Å². The predicted octanol–water partition coefficient (Wildman–Crippen LogP) is 2.80. The number of likely N-dealkylation sites (N-methyl/N-ethyl adjacent to an activating group) is 1. The van der Waals surface area contributed by atoms with E-state index in [2.05, 4.69) is 43.4 Å². The van der Waals surface area contributed by atoms with Crippen LogP contribution in [0.5, 0.6) is 0 Å². The Kier molecular flexibility index (Phi) is 6.23. The van der Waals surface area contributed by atoms with Gasteiger partial charge in [-0.2, -0.15) is 0 Å². The van der Waals surface area contributed by atoms with Gasteiger partial charge >= 0.3 is 0 Å². The summed E-state index contributed by atoms with van der Waals surface area (Å²) in [5.74, 6) is 0. The summed E-state index contributed by atoms with van der Waals surface area (Å²) < 4.78 is 5.65. The molecule has 1 aromatic rings. The van der Waals surface area contributed by atoms with Gasteiger partial charge in [0.15, 0.2) is 0 Å². The number of hydrogen-bond donors (Lipinski definition) is 1. The molecule has 0 saturated heterocycles. The average molecular weight is 235 g/mol. The maximum absolute atomic E-state index is 5.65. The topological polar surface area (TPSA) is 21.3 Å². The molecule has 0 amide bonds. The first-order valence-corrected chi connectivity index (χ1v) is 6.57. The maximum Gasteiger partial charge on any atom is 0.0702 e. The van der Waals surface area contributed by atoms with Crippen LogP contribution < -0.4 is 5.32 Å². The minimum Gasteiger partial charge on any atom is -0.377 e. The Bertz CT molecular complexity index is 307. The van der Waals surface area contributed by atoms with Crippen LogP contribution in [0.3, 0.4) is 0 Å². The van der Waals surface area contributed by atoms with Crippen LogP contribution in [0.4, 0.5) is 0 Å². The highest BCUT2D eigenvalue weighted by Crippen LogP contribution is 2.10. The molecule has 0 radical (unpaired) electrons. The highest BCUT2D eigenvalue weighted by Gasteiger charge is 2.15. The van der Waals surface area contributed by atoms with Gasteiger partial charge in [-0.15, -0.1) is 0 Å². The summed E-state index contributed by atoms with van der Waals surface area (Å²) >= 11 is 0. The monoisotopic (exact) mass is 235 g/mol. The molecule has 0 saturated carbocycles. The second kappa shape index (κ2) is 7.46. The van der Waals surface area contributed by atoms with Crippen LogP contribution in [0, 0.1) is 0 Å². The molecule has 1 N–H and O–H groups in total. The van der Waals surface area contributed by atoms with Crippen molar-refractivity contribution in [2.45, 2.75) is 45.8 Å². The minimum absolute atomic E-state index is 0.246. The summed E-state index contributed by atoms with van der Waals surface area (Å²) in [7, 11) is 2.00. The molecule has 2 nitrogen and oxygen atoms in total. The largest absolute Gasteiger partial charge is 0.377 e. The van der Waals surface area contributed by atoms with E-state index in [1.807, 2.05) is 14.0 Å². The van der Waals surface area contributed by atoms with Crippen molar-refractivity contribution in [3.8, 4) is 0 Å². The van der Waals surface area contributed by atoms with E-state index in [1.54, 1.807) is 0 Å². The minimum atomic E-state index is 0.246. The fourth-order valence-corrected chi connectivity index (χ4v) is 2.05. The van der Waals surface area contributed by atoms with E-state index in [1.165, 1.54) is 11.1 Å². The van der Waals surface area contributed by atoms with Gasteiger partial charge in [0.2, 0.25) is 0 Å². The van der Waals surface area contributed by atoms with Gasteiger partial charge in [0, 0.05) is 12.6 Å². The zero-order chi connectivity index (χ0) is 12.7. The molecule has 1 rings (SSSR count). The first kappa shape index (κ1) is 14.2. The lowest BCUT2D eigenvalue weighted by atomic mass is 10.0. The molecular weight excluding hydrogens is 210 g/mol. The Hall–Kier alpha value is -0.860. The quantitative estimate of drug-likeness (QED) is 0.784. The van der Waals surface area contributed by atoms with Crippen LogP contribution >= 0.6 is 0 Å². The average Bonchev–Trinajstić information content (AvgIpc) is 2.37. The molecule has 96 valence electrons. The van der Waals surface area contributed by atoms with Crippen molar-refractivity contribution >= 4 is 0 Å². The summed E-state index contributed by atoms with van der Waals surface area (Å²) in [5, 5.41) is 3.34. The van der Waals surface area contributed by atoms with E-state index < -0.39 is 0 Å². The second-order valence-electron chi connectivity index (χ2n) is 4.43. The van der Waals surface area contributed by atoms with E-state index in [0.29, 0.717) is 6.04 Å².